The maximum atomic E-state index is 5.86. The highest BCUT2D eigenvalue weighted by Gasteiger charge is 2.30. The second kappa shape index (κ2) is 3.35. The Morgan fingerprint density at radius 2 is 2.00 bits per heavy atom. The van der Waals surface area contributed by atoms with Gasteiger partial charge >= 0.3 is 0 Å². The average molecular weight is 170 g/mol. The zero-order valence-electron chi connectivity index (χ0n) is 8.80. The van der Waals surface area contributed by atoms with E-state index < -0.39 is 0 Å². The predicted octanol–water partition coefficient (Wildman–Crippen LogP) is 1.45. The summed E-state index contributed by atoms with van der Waals surface area (Å²) in [7, 11) is 0. The second-order valence-electron chi connectivity index (χ2n) is 5.09. The number of hydrogen-bond acceptors (Lipinski definition) is 2. The Balaban J connectivity index is 2.48. The molecule has 12 heavy (non-hydrogen) atoms. The monoisotopic (exact) mass is 170 g/mol. The van der Waals surface area contributed by atoms with Crippen molar-refractivity contribution in [2.75, 3.05) is 13.1 Å². The van der Waals surface area contributed by atoms with E-state index in [2.05, 4.69) is 32.6 Å². The van der Waals surface area contributed by atoms with E-state index in [4.69, 9.17) is 5.73 Å². The van der Waals surface area contributed by atoms with Crippen LogP contribution in [0.5, 0.6) is 0 Å². The van der Waals surface area contributed by atoms with Gasteiger partial charge in [0.05, 0.1) is 0 Å². The van der Waals surface area contributed by atoms with Gasteiger partial charge in [-0.2, -0.15) is 0 Å². The molecule has 2 unspecified atom stereocenters. The molecule has 0 aromatic rings. The fourth-order valence-electron chi connectivity index (χ4n) is 1.71. The fourth-order valence-corrected chi connectivity index (χ4v) is 1.71. The Hall–Kier alpha value is -0.0800. The zero-order chi connectivity index (χ0) is 9.35. The quantitative estimate of drug-likeness (QED) is 0.645. The van der Waals surface area contributed by atoms with Crippen molar-refractivity contribution in [3.05, 3.63) is 0 Å². The third kappa shape index (κ3) is 2.20. The third-order valence-electron chi connectivity index (χ3n) is 3.06. The fraction of sp³-hybridized carbons (Fsp3) is 1.00. The molecule has 1 fully saturated rings. The minimum atomic E-state index is 0.379. The van der Waals surface area contributed by atoms with Gasteiger partial charge in [-0.05, 0) is 18.8 Å². The minimum absolute atomic E-state index is 0.379. The van der Waals surface area contributed by atoms with Crippen LogP contribution in [-0.4, -0.2) is 30.1 Å². The third-order valence-corrected chi connectivity index (χ3v) is 3.06. The van der Waals surface area contributed by atoms with Gasteiger partial charge in [0.25, 0.3) is 0 Å². The molecule has 1 aliphatic rings. The molecule has 0 spiro atoms. The topological polar surface area (TPSA) is 29.3 Å². The van der Waals surface area contributed by atoms with Crippen LogP contribution in [0.1, 0.15) is 34.1 Å². The molecule has 0 bridgehead atoms. The van der Waals surface area contributed by atoms with Crippen molar-refractivity contribution >= 4 is 0 Å². The summed E-state index contributed by atoms with van der Waals surface area (Å²) in [6.07, 6.45) is 1.17. The Morgan fingerprint density at radius 3 is 2.33 bits per heavy atom. The number of hydrogen-bond donors (Lipinski definition) is 1. The summed E-state index contributed by atoms with van der Waals surface area (Å²) in [6, 6.07) is 1.06. The molecule has 0 aromatic heterocycles. The maximum absolute atomic E-state index is 5.86. The summed E-state index contributed by atoms with van der Waals surface area (Å²) in [4.78, 5) is 2.50. The summed E-state index contributed by atoms with van der Waals surface area (Å²) < 4.78 is 0. The first-order chi connectivity index (χ1) is 5.41. The van der Waals surface area contributed by atoms with Crippen molar-refractivity contribution in [1.82, 2.24) is 4.90 Å². The molecule has 2 N–H and O–H groups in total. The lowest BCUT2D eigenvalue weighted by molar-refractivity contribution is 0.138. The van der Waals surface area contributed by atoms with Crippen LogP contribution in [0.15, 0.2) is 0 Å². The predicted molar refractivity (Wildman–Crippen MR) is 53.1 cm³/mol. The number of nitrogens with two attached hydrogens (primary N) is 1. The van der Waals surface area contributed by atoms with Crippen LogP contribution in [0.2, 0.25) is 0 Å². The number of rotatable bonds is 1. The van der Waals surface area contributed by atoms with Crippen molar-refractivity contribution < 1.29 is 0 Å². The molecule has 1 rings (SSSR count). The molecular formula is C10H22N2. The number of nitrogens with zero attached hydrogens (tertiary/aromatic N) is 1. The first-order valence-corrected chi connectivity index (χ1v) is 4.91. The lowest BCUT2D eigenvalue weighted by atomic mass is 9.87. The highest BCUT2D eigenvalue weighted by atomic mass is 15.2. The van der Waals surface area contributed by atoms with E-state index in [1.54, 1.807) is 0 Å². The Morgan fingerprint density at radius 1 is 1.42 bits per heavy atom. The first-order valence-electron chi connectivity index (χ1n) is 4.91. The summed E-state index contributed by atoms with van der Waals surface area (Å²) >= 11 is 0. The molecule has 72 valence electrons. The second-order valence-corrected chi connectivity index (χ2v) is 5.09. The van der Waals surface area contributed by atoms with Gasteiger partial charge < -0.3 is 5.73 Å². The Labute approximate surface area is 76.1 Å². The van der Waals surface area contributed by atoms with Gasteiger partial charge in [0.2, 0.25) is 0 Å². The molecule has 2 atom stereocenters. The van der Waals surface area contributed by atoms with E-state index in [0.29, 0.717) is 17.5 Å². The summed E-state index contributed by atoms with van der Waals surface area (Å²) in [5.74, 6) is 0. The van der Waals surface area contributed by atoms with E-state index in [1.807, 2.05) is 0 Å². The Kier molecular flexibility index (Phi) is 2.79. The van der Waals surface area contributed by atoms with Crippen LogP contribution >= 0.6 is 0 Å². The van der Waals surface area contributed by atoms with Crippen LogP contribution in [0.3, 0.4) is 0 Å². The van der Waals surface area contributed by atoms with Crippen molar-refractivity contribution in [3.63, 3.8) is 0 Å². The largest absolute Gasteiger partial charge is 0.326 e. The highest BCUT2D eigenvalue weighted by Crippen LogP contribution is 2.26. The molecule has 0 saturated carbocycles. The standard InChI is InChI=1S/C10H22N2/c1-8(10(2,3)4)12-6-5-9(11)7-12/h8-9H,5-7,11H2,1-4H3. The summed E-state index contributed by atoms with van der Waals surface area (Å²) in [6.45, 7) is 11.4. The van der Waals surface area contributed by atoms with E-state index in [9.17, 15) is 0 Å². The zero-order valence-corrected chi connectivity index (χ0v) is 8.80. The van der Waals surface area contributed by atoms with Crippen LogP contribution < -0.4 is 5.73 Å². The van der Waals surface area contributed by atoms with Gasteiger partial charge in [-0.1, -0.05) is 20.8 Å². The van der Waals surface area contributed by atoms with Crippen molar-refractivity contribution in [3.8, 4) is 0 Å². The average Bonchev–Trinajstić information content (AvgIpc) is 2.32. The lowest BCUT2D eigenvalue weighted by Crippen LogP contribution is -2.41. The highest BCUT2D eigenvalue weighted by molar-refractivity contribution is 4.86. The molecule has 2 heteroatoms. The summed E-state index contributed by atoms with van der Waals surface area (Å²) in [5.41, 5.74) is 6.24. The van der Waals surface area contributed by atoms with Gasteiger partial charge in [-0.25, -0.2) is 0 Å². The van der Waals surface area contributed by atoms with E-state index in [0.717, 1.165) is 6.54 Å². The normalized spacial score (nSPS) is 29.2. The van der Waals surface area contributed by atoms with Crippen molar-refractivity contribution in [2.24, 2.45) is 11.1 Å². The van der Waals surface area contributed by atoms with Gasteiger partial charge in [0, 0.05) is 25.2 Å². The molecule has 1 saturated heterocycles. The molecule has 2 nitrogen and oxygen atoms in total. The van der Waals surface area contributed by atoms with Crippen LogP contribution in [-0.2, 0) is 0 Å². The summed E-state index contributed by atoms with van der Waals surface area (Å²) in [5, 5.41) is 0. The molecule has 1 aliphatic heterocycles. The minimum Gasteiger partial charge on any atom is -0.326 e. The van der Waals surface area contributed by atoms with E-state index in [-0.39, 0.29) is 0 Å². The first kappa shape index (κ1) is 10.0. The van der Waals surface area contributed by atoms with Gasteiger partial charge in [-0.15, -0.1) is 0 Å². The molecule has 0 amide bonds. The Bertz CT molecular complexity index is 148. The molecule has 0 aromatic carbocycles. The number of likely N-dealkylation sites (tertiary alicyclic amines) is 1. The van der Waals surface area contributed by atoms with Crippen molar-refractivity contribution in [1.29, 1.82) is 0 Å². The van der Waals surface area contributed by atoms with Crippen LogP contribution in [0.25, 0.3) is 0 Å². The smallest absolute Gasteiger partial charge is 0.0180 e. The lowest BCUT2D eigenvalue weighted by Gasteiger charge is -2.35. The molecular weight excluding hydrogens is 148 g/mol. The van der Waals surface area contributed by atoms with Crippen LogP contribution in [0, 0.1) is 5.41 Å². The molecule has 1 heterocycles. The molecule has 0 radical (unpaired) electrons. The van der Waals surface area contributed by atoms with Gasteiger partial charge in [0.1, 0.15) is 0 Å². The van der Waals surface area contributed by atoms with Crippen LogP contribution in [0.4, 0.5) is 0 Å². The maximum Gasteiger partial charge on any atom is 0.0180 e. The molecule has 0 aliphatic carbocycles. The van der Waals surface area contributed by atoms with Crippen molar-refractivity contribution in [2.45, 2.75) is 46.2 Å². The van der Waals surface area contributed by atoms with E-state index in [1.165, 1.54) is 13.0 Å². The van der Waals surface area contributed by atoms with Gasteiger partial charge in [-0.3, -0.25) is 4.90 Å². The van der Waals surface area contributed by atoms with E-state index >= 15 is 0 Å². The van der Waals surface area contributed by atoms with Gasteiger partial charge in [0.15, 0.2) is 0 Å². The SMILES string of the molecule is CC(N1CCC(N)C1)C(C)(C)C.